The maximum Gasteiger partial charge on any atom is 0.326 e. The van der Waals surface area contributed by atoms with Crippen LogP contribution in [0.25, 0.3) is 0 Å². The molecule has 0 saturated heterocycles. The Morgan fingerprint density at radius 3 is 2.33 bits per heavy atom. The highest BCUT2D eigenvalue weighted by atomic mass is 16.4. The molecule has 1 aliphatic carbocycles. The number of rotatable bonds is 6. The molecule has 0 heterocycles. The van der Waals surface area contributed by atoms with Gasteiger partial charge in [-0.25, -0.2) is 9.59 Å². The Kier molecular flexibility index (Phi) is 5.44. The Labute approximate surface area is 108 Å². The van der Waals surface area contributed by atoms with Crippen molar-refractivity contribution in [1.82, 2.24) is 10.6 Å². The van der Waals surface area contributed by atoms with Crippen LogP contribution in [0.5, 0.6) is 0 Å². The van der Waals surface area contributed by atoms with Crippen molar-refractivity contribution in [2.75, 3.05) is 6.54 Å². The molecule has 18 heavy (non-hydrogen) atoms. The Morgan fingerprint density at radius 1 is 1.28 bits per heavy atom. The van der Waals surface area contributed by atoms with E-state index in [0.29, 0.717) is 13.0 Å². The minimum absolute atomic E-state index is 0.224. The molecule has 1 saturated carbocycles. The van der Waals surface area contributed by atoms with Gasteiger partial charge in [0, 0.05) is 6.54 Å². The number of hydrogen-bond acceptors (Lipinski definition) is 2. The number of urea groups is 1. The van der Waals surface area contributed by atoms with Crippen molar-refractivity contribution in [2.45, 2.75) is 58.4 Å². The molecular weight excluding hydrogens is 232 g/mol. The van der Waals surface area contributed by atoms with E-state index in [2.05, 4.69) is 17.6 Å². The van der Waals surface area contributed by atoms with E-state index in [1.807, 2.05) is 0 Å². The maximum absolute atomic E-state index is 11.6. The SMILES string of the molecule is CC[C@H](NC(=O)NCC1(CC)CCCC1)C(=O)O. The van der Waals surface area contributed by atoms with E-state index in [4.69, 9.17) is 5.11 Å². The van der Waals surface area contributed by atoms with Gasteiger partial charge >= 0.3 is 12.0 Å². The molecule has 0 unspecified atom stereocenters. The Balaban J connectivity index is 2.38. The molecule has 0 aromatic rings. The summed E-state index contributed by atoms with van der Waals surface area (Å²) in [6.45, 7) is 4.53. The predicted octanol–water partition coefficient (Wildman–Crippen LogP) is 2.12. The van der Waals surface area contributed by atoms with Crippen LogP contribution in [0.4, 0.5) is 4.79 Å². The fraction of sp³-hybridized carbons (Fsp3) is 0.846. The maximum atomic E-state index is 11.6. The third-order valence-corrected chi connectivity index (χ3v) is 4.05. The molecule has 1 aliphatic rings. The summed E-state index contributed by atoms with van der Waals surface area (Å²) in [4.78, 5) is 22.4. The largest absolute Gasteiger partial charge is 0.480 e. The second-order valence-corrected chi connectivity index (χ2v) is 5.19. The quantitative estimate of drug-likeness (QED) is 0.681. The minimum Gasteiger partial charge on any atom is -0.480 e. The molecule has 5 nitrogen and oxygen atoms in total. The summed E-state index contributed by atoms with van der Waals surface area (Å²) in [5.41, 5.74) is 0.224. The number of carbonyl (C=O) groups is 2. The molecule has 0 aromatic carbocycles. The summed E-state index contributed by atoms with van der Waals surface area (Å²) in [7, 11) is 0. The highest BCUT2D eigenvalue weighted by Gasteiger charge is 2.32. The van der Waals surface area contributed by atoms with E-state index in [1.165, 1.54) is 12.8 Å². The van der Waals surface area contributed by atoms with E-state index >= 15 is 0 Å². The number of carboxylic acids is 1. The Morgan fingerprint density at radius 2 is 1.89 bits per heavy atom. The van der Waals surface area contributed by atoms with E-state index in [-0.39, 0.29) is 11.4 Å². The van der Waals surface area contributed by atoms with E-state index in [1.54, 1.807) is 6.92 Å². The summed E-state index contributed by atoms with van der Waals surface area (Å²) < 4.78 is 0. The summed E-state index contributed by atoms with van der Waals surface area (Å²) in [5.74, 6) is -0.987. The van der Waals surface area contributed by atoms with E-state index in [9.17, 15) is 9.59 Å². The molecule has 1 atom stereocenters. The standard InChI is InChI=1S/C13H24N2O3/c1-3-10(11(16)17)15-12(18)14-9-13(4-2)7-5-6-8-13/h10H,3-9H2,1-2H3,(H,16,17)(H2,14,15,18)/t10-/m0/s1. The molecule has 2 amide bonds. The lowest BCUT2D eigenvalue weighted by atomic mass is 9.83. The lowest BCUT2D eigenvalue weighted by molar-refractivity contribution is -0.139. The molecular formula is C13H24N2O3. The van der Waals surface area contributed by atoms with Gasteiger partial charge in [-0.3, -0.25) is 0 Å². The van der Waals surface area contributed by atoms with Crippen LogP contribution in [0, 0.1) is 5.41 Å². The van der Waals surface area contributed by atoms with Crippen molar-refractivity contribution < 1.29 is 14.7 Å². The molecule has 0 aliphatic heterocycles. The first-order chi connectivity index (χ1) is 8.53. The molecule has 0 bridgehead atoms. The van der Waals surface area contributed by atoms with Gasteiger partial charge in [-0.05, 0) is 31.1 Å². The van der Waals surface area contributed by atoms with Crippen LogP contribution in [0.15, 0.2) is 0 Å². The van der Waals surface area contributed by atoms with Gasteiger partial charge in [-0.15, -0.1) is 0 Å². The highest BCUT2D eigenvalue weighted by molar-refractivity contribution is 5.82. The summed E-state index contributed by atoms with van der Waals surface area (Å²) in [5, 5.41) is 14.2. The second-order valence-electron chi connectivity index (χ2n) is 5.19. The highest BCUT2D eigenvalue weighted by Crippen LogP contribution is 2.40. The number of aliphatic carboxylic acids is 1. The normalized spacial score (nSPS) is 19.2. The molecule has 5 heteroatoms. The van der Waals surface area contributed by atoms with Gasteiger partial charge in [-0.2, -0.15) is 0 Å². The number of nitrogens with one attached hydrogen (secondary N) is 2. The van der Waals surface area contributed by atoms with Crippen LogP contribution in [0.1, 0.15) is 52.4 Å². The first-order valence-electron chi connectivity index (χ1n) is 6.80. The van der Waals surface area contributed by atoms with E-state index < -0.39 is 12.0 Å². The van der Waals surface area contributed by atoms with Gasteiger partial charge in [0.05, 0.1) is 0 Å². The number of amides is 2. The zero-order chi connectivity index (χ0) is 13.6. The fourth-order valence-electron chi connectivity index (χ4n) is 2.60. The third-order valence-electron chi connectivity index (χ3n) is 4.05. The Bertz CT molecular complexity index is 299. The van der Waals surface area contributed by atoms with Crippen LogP contribution in [-0.2, 0) is 4.79 Å². The monoisotopic (exact) mass is 256 g/mol. The lowest BCUT2D eigenvalue weighted by Gasteiger charge is -2.28. The van der Waals surface area contributed by atoms with Crippen molar-refractivity contribution >= 4 is 12.0 Å². The van der Waals surface area contributed by atoms with Crippen LogP contribution >= 0.6 is 0 Å². The molecule has 1 fully saturated rings. The van der Waals surface area contributed by atoms with E-state index in [0.717, 1.165) is 19.3 Å². The van der Waals surface area contributed by atoms with Crippen LogP contribution in [0.3, 0.4) is 0 Å². The fourth-order valence-corrected chi connectivity index (χ4v) is 2.60. The second kappa shape index (κ2) is 6.61. The number of hydrogen-bond donors (Lipinski definition) is 3. The molecule has 3 N–H and O–H groups in total. The molecule has 104 valence electrons. The minimum atomic E-state index is -0.987. The van der Waals surface area contributed by atoms with Gasteiger partial charge < -0.3 is 15.7 Å². The first-order valence-corrected chi connectivity index (χ1v) is 6.80. The van der Waals surface area contributed by atoms with Gasteiger partial charge in [-0.1, -0.05) is 26.7 Å². The molecule has 0 spiro atoms. The average Bonchev–Trinajstić information content (AvgIpc) is 2.82. The first kappa shape index (κ1) is 14.8. The summed E-state index contributed by atoms with van der Waals surface area (Å²) in [6, 6.07) is -1.17. The lowest BCUT2D eigenvalue weighted by Crippen LogP contribution is -2.48. The van der Waals surface area contributed by atoms with Crippen molar-refractivity contribution in [2.24, 2.45) is 5.41 Å². The van der Waals surface area contributed by atoms with Gasteiger partial charge in [0.25, 0.3) is 0 Å². The number of carboxylic acid groups (broad SMARTS) is 1. The molecule has 0 radical (unpaired) electrons. The van der Waals surface area contributed by atoms with Gasteiger partial charge in [0.2, 0.25) is 0 Å². The number of carbonyl (C=O) groups excluding carboxylic acids is 1. The van der Waals surface area contributed by atoms with Crippen LogP contribution < -0.4 is 10.6 Å². The molecule has 1 rings (SSSR count). The van der Waals surface area contributed by atoms with Crippen molar-refractivity contribution in [3.8, 4) is 0 Å². The van der Waals surface area contributed by atoms with Crippen molar-refractivity contribution in [3.05, 3.63) is 0 Å². The zero-order valence-corrected chi connectivity index (χ0v) is 11.3. The predicted molar refractivity (Wildman–Crippen MR) is 69.4 cm³/mol. The summed E-state index contributed by atoms with van der Waals surface area (Å²) >= 11 is 0. The third kappa shape index (κ3) is 3.89. The smallest absolute Gasteiger partial charge is 0.326 e. The van der Waals surface area contributed by atoms with Crippen LogP contribution in [-0.4, -0.2) is 29.7 Å². The van der Waals surface area contributed by atoms with Crippen molar-refractivity contribution in [3.63, 3.8) is 0 Å². The zero-order valence-electron chi connectivity index (χ0n) is 11.3. The van der Waals surface area contributed by atoms with Gasteiger partial charge in [0.1, 0.15) is 6.04 Å². The Hall–Kier alpha value is -1.26. The topological polar surface area (TPSA) is 78.4 Å². The van der Waals surface area contributed by atoms with Gasteiger partial charge in [0.15, 0.2) is 0 Å². The van der Waals surface area contributed by atoms with Crippen LogP contribution in [0.2, 0.25) is 0 Å². The average molecular weight is 256 g/mol. The van der Waals surface area contributed by atoms with Crippen molar-refractivity contribution in [1.29, 1.82) is 0 Å². The summed E-state index contributed by atoms with van der Waals surface area (Å²) in [6.07, 6.45) is 6.21. The molecule has 0 aromatic heterocycles.